The Morgan fingerprint density at radius 3 is 2.47 bits per heavy atom. The summed E-state index contributed by atoms with van der Waals surface area (Å²) in [6.45, 7) is 9.66. The Labute approximate surface area is 280 Å². The number of pyridine rings is 2. The number of ether oxygens (including phenoxy) is 1. The lowest BCUT2D eigenvalue weighted by atomic mass is 9.71. The zero-order valence-electron chi connectivity index (χ0n) is 27.8. The number of hydrogen-bond acceptors (Lipinski definition) is 7. The molecule has 10 heteroatoms. The van der Waals surface area contributed by atoms with Crippen LogP contribution in [0.5, 0.6) is 0 Å². The molecule has 250 valence electrons. The fourth-order valence-corrected chi connectivity index (χ4v) is 7.64. The molecule has 1 amide bonds. The molecule has 47 heavy (non-hydrogen) atoms. The normalized spacial score (nSPS) is 17.7. The highest BCUT2D eigenvalue weighted by Crippen LogP contribution is 2.38. The van der Waals surface area contributed by atoms with Gasteiger partial charge in [-0.1, -0.05) is 45.0 Å². The number of nitrogens with one attached hydrogen (secondary N) is 2. The predicted octanol–water partition coefficient (Wildman–Crippen LogP) is 6.48. The monoisotopic (exact) mass is 658 g/mol. The zero-order valence-corrected chi connectivity index (χ0v) is 28.6. The van der Waals surface area contributed by atoms with Gasteiger partial charge in [0.05, 0.1) is 17.0 Å². The van der Waals surface area contributed by atoms with Gasteiger partial charge in [0.2, 0.25) is 5.56 Å². The number of rotatable bonds is 8. The Morgan fingerprint density at radius 1 is 1.13 bits per heavy atom. The summed E-state index contributed by atoms with van der Waals surface area (Å²) >= 11 is 1.49. The van der Waals surface area contributed by atoms with Crippen LogP contribution < -0.4 is 10.9 Å². The number of aryl methyl sites for hydroxylation is 1. The van der Waals surface area contributed by atoms with E-state index in [9.17, 15) is 9.59 Å². The topological polar surface area (TPSA) is 125 Å². The van der Waals surface area contributed by atoms with Gasteiger partial charge in [0, 0.05) is 50.1 Å². The van der Waals surface area contributed by atoms with Crippen molar-refractivity contribution < 1.29 is 19.4 Å². The van der Waals surface area contributed by atoms with E-state index in [0.717, 1.165) is 78.6 Å². The fraction of sp³-hybridized carbons (Fsp3) is 0.459. The Balaban J connectivity index is 0.00000139. The molecular weight excluding hydrogens is 612 g/mol. The van der Waals surface area contributed by atoms with Crippen molar-refractivity contribution in [2.75, 3.05) is 26.7 Å². The van der Waals surface area contributed by atoms with Crippen molar-refractivity contribution in [2.45, 2.75) is 71.4 Å². The minimum Gasteiger partial charge on any atom is -0.483 e. The zero-order chi connectivity index (χ0) is 33.6. The van der Waals surface area contributed by atoms with Crippen LogP contribution in [-0.4, -0.2) is 65.2 Å². The number of carbonyl (C=O) groups excluding carboxylic acids is 1. The van der Waals surface area contributed by atoms with E-state index in [2.05, 4.69) is 66.3 Å². The number of carboxylic acid groups (broad SMARTS) is 1. The number of H-pyrrole nitrogens is 1. The Bertz CT molecular complexity index is 1700. The number of methoxy groups -OCH3 is 1. The molecule has 0 unspecified atom stereocenters. The van der Waals surface area contributed by atoms with Crippen LogP contribution in [0, 0.1) is 11.3 Å². The highest BCUT2D eigenvalue weighted by molar-refractivity contribution is 7.20. The molecule has 1 aromatic carbocycles. The molecule has 4 heterocycles. The van der Waals surface area contributed by atoms with Gasteiger partial charge in [0.15, 0.2) is 0 Å². The van der Waals surface area contributed by atoms with Crippen LogP contribution in [0.2, 0.25) is 0 Å². The lowest BCUT2D eigenvalue weighted by Crippen LogP contribution is -2.39. The van der Waals surface area contributed by atoms with Crippen molar-refractivity contribution >= 4 is 33.9 Å². The lowest BCUT2D eigenvalue weighted by molar-refractivity contribution is -0.122. The third kappa shape index (κ3) is 8.74. The molecule has 1 aliphatic heterocycles. The van der Waals surface area contributed by atoms with Crippen LogP contribution in [0.25, 0.3) is 21.3 Å². The molecule has 1 aliphatic carbocycles. The first-order valence-corrected chi connectivity index (χ1v) is 17.2. The number of hydrogen-bond donors (Lipinski definition) is 3. The number of aromatic nitrogens is 2. The van der Waals surface area contributed by atoms with Gasteiger partial charge in [-0.3, -0.25) is 14.4 Å². The lowest BCUT2D eigenvalue weighted by Gasteiger charge is -2.34. The molecule has 4 aromatic rings. The van der Waals surface area contributed by atoms with Crippen molar-refractivity contribution in [3.8, 4) is 11.1 Å². The van der Waals surface area contributed by atoms with Gasteiger partial charge in [-0.25, -0.2) is 4.98 Å². The first-order valence-electron chi connectivity index (χ1n) is 16.4. The molecule has 3 aromatic heterocycles. The van der Waals surface area contributed by atoms with Crippen LogP contribution >= 0.6 is 11.3 Å². The van der Waals surface area contributed by atoms with Crippen LogP contribution in [0.1, 0.15) is 79.0 Å². The Kier molecular flexibility index (Phi) is 11.3. The van der Waals surface area contributed by atoms with Gasteiger partial charge < -0.3 is 25.0 Å². The summed E-state index contributed by atoms with van der Waals surface area (Å²) in [4.78, 5) is 45.5. The minimum absolute atomic E-state index is 0.0497. The molecule has 6 rings (SSSR count). The second-order valence-electron chi connectivity index (χ2n) is 13.7. The largest absolute Gasteiger partial charge is 0.483 e. The maximum atomic E-state index is 13.8. The van der Waals surface area contributed by atoms with Crippen molar-refractivity contribution in [1.82, 2.24) is 20.2 Å². The molecule has 0 spiro atoms. The third-order valence-electron chi connectivity index (χ3n) is 9.66. The van der Waals surface area contributed by atoms with Crippen molar-refractivity contribution in [3.63, 3.8) is 0 Å². The van der Waals surface area contributed by atoms with Crippen LogP contribution in [-0.2, 0) is 22.4 Å². The summed E-state index contributed by atoms with van der Waals surface area (Å²) in [5, 5.41) is 11.3. The van der Waals surface area contributed by atoms with Gasteiger partial charge in [0.1, 0.15) is 4.83 Å². The molecule has 1 fully saturated rings. The number of aromatic amines is 1. The van der Waals surface area contributed by atoms with Gasteiger partial charge >= 0.3 is 0 Å². The highest BCUT2D eigenvalue weighted by atomic mass is 32.1. The Morgan fingerprint density at radius 2 is 1.83 bits per heavy atom. The highest BCUT2D eigenvalue weighted by Gasteiger charge is 2.30. The van der Waals surface area contributed by atoms with E-state index >= 15 is 0 Å². The molecular formula is C37H46N4O5S. The minimum atomic E-state index is -0.250. The molecule has 3 N–H and O–H groups in total. The molecule has 2 aliphatic rings. The van der Waals surface area contributed by atoms with Crippen LogP contribution in [0.15, 0.2) is 59.5 Å². The summed E-state index contributed by atoms with van der Waals surface area (Å²) < 4.78 is 5.56. The maximum absolute atomic E-state index is 13.8. The quantitative estimate of drug-likeness (QED) is 0.185. The van der Waals surface area contributed by atoms with E-state index in [1.54, 1.807) is 13.3 Å². The number of piperidine rings is 1. The van der Waals surface area contributed by atoms with Crippen LogP contribution in [0.3, 0.4) is 0 Å². The van der Waals surface area contributed by atoms with Gasteiger partial charge in [-0.15, -0.1) is 11.3 Å². The molecule has 0 radical (unpaired) electrons. The van der Waals surface area contributed by atoms with E-state index < -0.39 is 0 Å². The average Bonchev–Trinajstić information content (AvgIpc) is 3.49. The average molecular weight is 659 g/mol. The second kappa shape index (κ2) is 15.4. The number of carbonyl (C=O) groups is 2. The SMILES string of the molecule is COC1CCN(CC[C@@H](NC(=O)c2cc3cc4c(nc3s2)CC[C@H](C(C)(C)C)C4)c2ccc(-c3ccc(=O)[nH]c3)cc2)CC1.O=CO. The number of fused-ring (bicyclic) bond motifs is 2. The third-order valence-corrected chi connectivity index (χ3v) is 10.7. The van der Waals surface area contributed by atoms with E-state index in [4.69, 9.17) is 19.6 Å². The summed E-state index contributed by atoms with van der Waals surface area (Å²) in [5.74, 6) is 0.596. The van der Waals surface area contributed by atoms with Gasteiger partial charge in [-0.2, -0.15) is 0 Å². The van der Waals surface area contributed by atoms with Crippen molar-refractivity contribution in [2.24, 2.45) is 11.3 Å². The number of benzene rings is 1. The summed E-state index contributed by atoms with van der Waals surface area (Å²) in [6.07, 6.45) is 8.19. The summed E-state index contributed by atoms with van der Waals surface area (Å²) in [5.41, 5.74) is 5.74. The smallest absolute Gasteiger partial charge is 0.290 e. The van der Waals surface area contributed by atoms with E-state index in [1.165, 1.54) is 35.1 Å². The maximum Gasteiger partial charge on any atom is 0.290 e. The standard InChI is InChI=1S/C36H44N4O3S.CH2O2/c1-36(2,3)28-10-11-30-26(20-28)19-27-21-32(44-35(27)39-30)34(42)38-31(15-18-40-16-13-29(43-4)14-17-40)24-7-5-23(6-8-24)25-9-12-33(41)37-22-25;2-1-3/h5-9,12,19,21-22,28-29,31H,10-11,13-18,20H2,1-4H3,(H,37,41)(H,38,42);1H,(H,2,3)/t28-,31+;/m0./s1. The molecule has 0 bridgehead atoms. The van der Waals surface area contributed by atoms with Crippen molar-refractivity contribution in [1.29, 1.82) is 0 Å². The van der Waals surface area contributed by atoms with Gasteiger partial charge in [-0.05, 0) is 90.3 Å². The second-order valence-corrected chi connectivity index (χ2v) is 14.7. The van der Waals surface area contributed by atoms with E-state index in [-0.39, 0.29) is 29.4 Å². The molecule has 1 saturated heterocycles. The summed E-state index contributed by atoms with van der Waals surface area (Å²) in [6, 6.07) is 15.8. The number of likely N-dealkylation sites (tertiary alicyclic amines) is 1. The van der Waals surface area contributed by atoms with Gasteiger partial charge in [0.25, 0.3) is 12.4 Å². The molecule has 9 nitrogen and oxygen atoms in total. The number of amides is 1. The fourth-order valence-electron chi connectivity index (χ4n) is 6.70. The van der Waals surface area contributed by atoms with E-state index in [0.29, 0.717) is 16.9 Å². The van der Waals surface area contributed by atoms with Crippen LogP contribution in [0.4, 0.5) is 0 Å². The van der Waals surface area contributed by atoms with E-state index in [1.807, 2.05) is 12.1 Å². The number of thiophene rings is 1. The molecule has 0 saturated carbocycles. The molecule has 2 atom stereocenters. The summed E-state index contributed by atoms with van der Waals surface area (Å²) in [7, 11) is 1.80. The first kappa shape index (κ1) is 34.5. The predicted molar refractivity (Wildman–Crippen MR) is 187 cm³/mol. The number of nitrogens with zero attached hydrogens (tertiary/aromatic N) is 2. The van der Waals surface area contributed by atoms with Crippen molar-refractivity contribution in [3.05, 3.63) is 86.8 Å². The Hall–Kier alpha value is -3.86. The first-order chi connectivity index (χ1) is 22.6.